The Morgan fingerprint density at radius 3 is 3.00 bits per heavy atom. The molecule has 1 heterocycles. The molecule has 0 aliphatic rings. The van der Waals surface area contributed by atoms with Crippen LogP contribution in [0, 0.1) is 0 Å². The number of fused-ring (bicyclic) bond motifs is 1. The van der Waals surface area contributed by atoms with E-state index in [9.17, 15) is 0 Å². The van der Waals surface area contributed by atoms with Gasteiger partial charge in [0.25, 0.3) is 0 Å². The summed E-state index contributed by atoms with van der Waals surface area (Å²) in [6, 6.07) is 8.30. The van der Waals surface area contributed by atoms with E-state index in [1.54, 1.807) is 6.26 Å². The summed E-state index contributed by atoms with van der Waals surface area (Å²) in [7, 11) is 0. The highest BCUT2D eigenvalue weighted by Gasteiger charge is 2.05. The van der Waals surface area contributed by atoms with Gasteiger partial charge in [0, 0.05) is 11.4 Å². The van der Waals surface area contributed by atoms with Gasteiger partial charge >= 0.3 is 0 Å². The molecule has 0 spiro atoms. The van der Waals surface area contributed by atoms with Crippen molar-refractivity contribution in [2.45, 2.75) is 19.4 Å². The number of nitrogens with two attached hydrogens (primary N) is 1. The fourth-order valence-corrected chi connectivity index (χ4v) is 1.56. The maximum Gasteiger partial charge on any atom is 0.137 e. The molecule has 0 amide bonds. The SMILES string of the molecule is C[C@H](N)Cc1cccc2ccoc12. The van der Waals surface area contributed by atoms with E-state index in [1.165, 1.54) is 5.56 Å². The highest BCUT2D eigenvalue weighted by atomic mass is 16.3. The Hall–Kier alpha value is -1.28. The van der Waals surface area contributed by atoms with E-state index in [1.807, 2.05) is 25.1 Å². The summed E-state index contributed by atoms with van der Waals surface area (Å²) in [4.78, 5) is 0. The number of para-hydroxylation sites is 1. The first kappa shape index (κ1) is 8.32. The van der Waals surface area contributed by atoms with Crippen molar-refractivity contribution in [2.75, 3.05) is 0 Å². The second-order valence-corrected chi connectivity index (χ2v) is 3.44. The van der Waals surface area contributed by atoms with Crippen molar-refractivity contribution >= 4 is 11.0 Å². The van der Waals surface area contributed by atoms with Crippen LogP contribution in [0.25, 0.3) is 11.0 Å². The van der Waals surface area contributed by atoms with Crippen LogP contribution < -0.4 is 5.73 Å². The van der Waals surface area contributed by atoms with Gasteiger partial charge in [0.2, 0.25) is 0 Å². The first-order valence-corrected chi connectivity index (χ1v) is 4.48. The van der Waals surface area contributed by atoms with E-state index < -0.39 is 0 Å². The molecule has 0 bridgehead atoms. The minimum atomic E-state index is 0.177. The van der Waals surface area contributed by atoms with Gasteiger partial charge in [-0.25, -0.2) is 0 Å². The monoisotopic (exact) mass is 175 g/mol. The maximum absolute atomic E-state index is 5.74. The molecule has 2 N–H and O–H groups in total. The van der Waals surface area contributed by atoms with E-state index in [-0.39, 0.29) is 6.04 Å². The van der Waals surface area contributed by atoms with E-state index >= 15 is 0 Å². The molecule has 0 unspecified atom stereocenters. The van der Waals surface area contributed by atoms with Crippen molar-refractivity contribution < 1.29 is 4.42 Å². The zero-order valence-electron chi connectivity index (χ0n) is 7.66. The zero-order chi connectivity index (χ0) is 9.26. The van der Waals surface area contributed by atoms with Crippen molar-refractivity contribution in [3.05, 3.63) is 36.1 Å². The Morgan fingerprint density at radius 1 is 1.38 bits per heavy atom. The quantitative estimate of drug-likeness (QED) is 0.760. The topological polar surface area (TPSA) is 39.2 Å². The minimum absolute atomic E-state index is 0.177. The highest BCUT2D eigenvalue weighted by molar-refractivity contribution is 5.80. The van der Waals surface area contributed by atoms with Crippen molar-refractivity contribution in [3.8, 4) is 0 Å². The molecule has 1 aromatic carbocycles. The fourth-order valence-electron chi connectivity index (χ4n) is 1.56. The molecule has 0 radical (unpaired) electrons. The van der Waals surface area contributed by atoms with Gasteiger partial charge in [-0.15, -0.1) is 0 Å². The summed E-state index contributed by atoms with van der Waals surface area (Å²) in [5, 5.41) is 1.15. The predicted octanol–water partition coefficient (Wildman–Crippen LogP) is 2.32. The summed E-state index contributed by atoms with van der Waals surface area (Å²) in [6.07, 6.45) is 2.58. The van der Waals surface area contributed by atoms with E-state index in [0.29, 0.717) is 0 Å². The summed E-state index contributed by atoms with van der Waals surface area (Å²) < 4.78 is 5.39. The zero-order valence-corrected chi connectivity index (χ0v) is 7.66. The lowest BCUT2D eigenvalue weighted by Gasteiger charge is -2.04. The minimum Gasteiger partial charge on any atom is -0.464 e. The van der Waals surface area contributed by atoms with Crippen LogP contribution in [0.5, 0.6) is 0 Å². The van der Waals surface area contributed by atoms with Crippen LogP contribution in [-0.2, 0) is 6.42 Å². The third kappa shape index (κ3) is 1.58. The van der Waals surface area contributed by atoms with Crippen molar-refractivity contribution in [3.63, 3.8) is 0 Å². The second-order valence-electron chi connectivity index (χ2n) is 3.44. The Balaban J connectivity index is 2.48. The van der Waals surface area contributed by atoms with E-state index in [4.69, 9.17) is 10.2 Å². The molecule has 0 saturated carbocycles. The molecule has 2 nitrogen and oxygen atoms in total. The average molecular weight is 175 g/mol. The van der Waals surface area contributed by atoms with Gasteiger partial charge in [-0.05, 0) is 25.0 Å². The number of hydrogen-bond donors (Lipinski definition) is 1. The van der Waals surface area contributed by atoms with E-state index in [0.717, 1.165) is 17.4 Å². The summed E-state index contributed by atoms with van der Waals surface area (Å²) in [6.45, 7) is 2.00. The molecule has 68 valence electrons. The third-order valence-electron chi connectivity index (χ3n) is 2.10. The van der Waals surface area contributed by atoms with Crippen LogP contribution in [0.4, 0.5) is 0 Å². The number of hydrogen-bond acceptors (Lipinski definition) is 2. The molecule has 13 heavy (non-hydrogen) atoms. The molecule has 1 aromatic heterocycles. The van der Waals surface area contributed by atoms with Crippen LogP contribution in [0.1, 0.15) is 12.5 Å². The molecule has 2 heteroatoms. The van der Waals surface area contributed by atoms with Crippen molar-refractivity contribution in [1.82, 2.24) is 0 Å². The second kappa shape index (κ2) is 3.23. The Labute approximate surface area is 77.3 Å². The molecule has 0 saturated heterocycles. The van der Waals surface area contributed by atoms with Crippen LogP contribution in [-0.4, -0.2) is 6.04 Å². The number of furan rings is 1. The number of rotatable bonds is 2. The molecule has 2 aromatic rings. The third-order valence-corrected chi connectivity index (χ3v) is 2.10. The molecule has 1 atom stereocenters. The first-order chi connectivity index (χ1) is 6.27. The summed E-state index contributed by atoms with van der Waals surface area (Å²) in [5.41, 5.74) is 7.91. The average Bonchev–Trinajstić information content (AvgIpc) is 2.51. The van der Waals surface area contributed by atoms with Gasteiger partial charge in [0.15, 0.2) is 0 Å². The van der Waals surface area contributed by atoms with Crippen LogP contribution in [0.15, 0.2) is 34.9 Å². The molecular formula is C11H13NO. The summed E-state index contributed by atoms with van der Waals surface area (Å²) >= 11 is 0. The maximum atomic E-state index is 5.74. The van der Waals surface area contributed by atoms with Crippen LogP contribution in [0.2, 0.25) is 0 Å². The van der Waals surface area contributed by atoms with Crippen LogP contribution in [0.3, 0.4) is 0 Å². The lowest BCUT2D eigenvalue weighted by molar-refractivity contribution is 0.606. The lowest BCUT2D eigenvalue weighted by Crippen LogP contribution is -2.17. The smallest absolute Gasteiger partial charge is 0.137 e. The van der Waals surface area contributed by atoms with Gasteiger partial charge in [0.05, 0.1) is 6.26 Å². The molecule has 2 rings (SSSR count). The van der Waals surface area contributed by atoms with Crippen molar-refractivity contribution in [2.24, 2.45) is 5.73 Å². The first-order valence-electron chi connectivity index (χ1n) is 4.48. The number of benzene rings is 1. The standard InChI is InChI=1S/C11H13NO/c1-8(12)7-10-4-2-3-9-5-6-13-11(9)10/h2-6,8H,7,12H2,1H3/t8-/m0/s1. The Bertz CT molecular complexity index is 403. The largest absolute Gasteiger partial charge is 0.464 e. The molecule has 0 aliphatic carbocycles. The van der Waals surface area contributed by atoms with Gasteiger partial charge in [-0.2, -0.15) is 0 Å². The van der Waals surface area contributed by atoms with Gasteiger partial charge in [-0.3, -0.25) is 0 Å². The molecule has 0 fully saturated rings. The molecule has 0 aliphatic heterocycles. The Morgan fingerprint density at radius 2 is 2.23 bits per heavy atom. The van der Waals surface area contributed by atoms with Gasteiger partial charge < -0.3 is 10.2 Å². The summed E-state index contributed by atoms with van der Waals surface area (Å²) in [5.74, 6) is 0. The van der Waals surface area contributed by atoms with Gasteiger partial charge in [0.1, 0.15) is 5.58 Å². The predicted molar refractivity (Wildman–Crippen MR) is 53.6 cm³/mol. The molecular weight excluding hydrogens is 162 g/mol. The van der Waals surface area contributed by atoms with Crippen molar-refractivity contribution in [1.29, 1.82) is 0 Å². The Kier molecular flexibility index (Phi) is 2.07. The lowest BCUT2D eigenvalue weighted by atomic mass is 10.1. The fraction of sp³-hybridized carbons (Fsp3) is 0.273. The highest BCUT2D eigenvalue weighted by Crippen LogP contribution is 2.20. The normalized spacial score (nSPS) is 13.4. The van der Waals surface area contributed by atoms with Crippen LogP contribution >= 0.6 is 0 Å². The van der Waals surface area contributed by atoms with Gasteiger partial charge in [-0.1, -0.05) is 18.2 Å². The van der Waals surface area contributed by atoms with E-state index in [2.05, 4.69) is 6.07 Å².